The van der Waals surface area contributed by atoms with Gasteiger partial charge in [0.05, 0.1) is 13.2 Å². The molecule has 0 spiro atoms. The van der Waals surface area contributed by atoms with Gasteiger partial charge in [0.25, 0.3) is 0 Å². The van der Waals surface area contributed by atoms with Crippen molar-refractivity contribution in [3.05, 3.63) is 23.8 Å². The Morgan fingerprint density at radius 1 is 0.952 bits per heavy atom. The summed E-state index contributed by atoms with van der Waals surface area (Å²) >= 11 is 0. The van der Waals surface area contributed by atoms with Crippen molar-refractivity contribution in [3.63, 3.8) is 0 Å². The Labute approximate surface area is 129 Å². The van der Waals surface area contributed by atoms with Crippen LogP contribution in [0.3, 0.4) is 0 Å². The van der Waals surface area contributed by atoms with Gasteiger partial charge in [-0.1, -0.05) is 19.9 Å². The van der Waals surface area contributed by atoms with Gasteiger partial charge in [0.15, 0.2) is 11.5 Å². The van der Waals surface area contributed by atoms with Crippen molar-refractivity contribution >= 4 is 0 Å². The fourth-order valence-corrected chi connectivity index (χ4v) is 2.22. The van der Waals surface area contributed by atoms with Crippen LogP contribution in [0.2, 0.25) is 0 Å². The number of likely N-dealkylation sites (N-methyl/N-ethyl adjacent to an activating group) is 1. The Hall–Kier alpha value is -1.26. The van der Waals surface area contributed by atoms with Gasteiger partial charge < -0.3 is 19.7 Å². The highest BCUT2D eigenvalue weighted by Gasteiger charge is 2.06. The average molecular weight is 294 g/mol. The van der Waals surface area contributed by atoms with E-state index in [0.29, 0.717) is 13.2 Å². The van der Waals surface area contributed by atoms with Crippen molar-refractivity contribution in [2.75, 3.05) is 39.4 Å². The molecule has 0 aliphatic carbocycles. The number of nitrogens with one attached hydrogen (secondary N) is 1. The summed E-state index contributed by atoms with van der Waals surface area (Å²) in [5.41, 5.74) is 1.22. The van der Waals surface area contributed by atoms with Crippen LogP contribution in [0.1, 0.15) is 33.3 Å². The average Bonchev–Trinajstić information content (AvgIpc) is 2.50. The number of benzene rings is 1. The van der Waals surface area contributed by atoms with E-state index in [2.05, 4.69) is 36.2 Å². The lowest BCUT2D eigenvalue weighted by molar-refractivity contribution is 0.287. The second-order valence-corrected chi connectivity index (χ2v) is 4.85. The molecule has 0 aliphatic heterocycles. The van der Waals surface area contributed by atoms with E-state index in [0.717, 1.165) is 44.2 Å². The number of nitrogens with zero attached hydrogens (tertiary/aromatic N) is 1. The summed E-state index contributed by atoms with van der Waals surface area (Å²) in [5.74, 6) is 1.66. The van der Waals surface area contributed by atoms with Crippen molar-refractivity contribution in [2.45, 2.75) is 34.2 Å². The topological polar surface area (TPSA) is 33.7 Å². The molecule has 0 amide bonds. The van der Waals surface area contributed by atoms with Gasteiger partial charge in [0, 0.05) is 19.6 Å². The first-order chi connectivity index (χ1) is 10.2. The molecule has 0 heterocycles. The molecular formula is C17H30N2O2. The van der Waals surface area contributed by atoms with Gasteiger partial charge in [0.2, 0.25) is 0 Å². The summed E-state index contributed by atoms with van der Waals surface area (Å²) in [6.07, 6.45) is 0. The number of ether oxygens (including phenoxy) is 2. The third-order valence-corrected chi connectivity index (χ3v) is 3.44. The molecule has 1 aromatic carbocycles. The van der Waals surface area contributed by atoms with Gasteiger partial charge in [-0.3, -0.25) is 0 Å². The second-order valence-electron chi connectivity index (χ2n) is 4.85. The lowest BCUT2D eigenvalue weighted by atomic mass is 10.2. The monoisotopic (exact) mass is 294 g/mol. The van der Waals surface area contributed by atoms with Crippen LogP contribution in [-0.4, -0.2) is 44.3 Å². The summed E-state index contributed by atoms with van der Waals surface area (Å²) < 4.78 is 11.2. The van der Waals surface area contributed by atoms with E-state index in [9.17, 15) is 0 Å². The molecule has 0 atom stereocenters. The van der Waals surface area contributed by atoms with Gasteiger partial charge >= 0.3 is 0 Å². The Balaban J connectivity index is 2.49. The van der Waals surface area contributed by atoms with Crippen molar-refractivity contribution in [1.29, 1.82) is 0 Å². The van der Waals surface area contributed by atoms with E-state index in [-0.39, 0.29) is 0 Å². The van der Waals surface area contributed by atoms with Gasteiger partial charge in [-0.2, -0.15) is 0 Å². The molecule has 1 N–H and O–H groups in total. The molecule has 0 fully saturated rings. The van der Waals surface area contributed by atoms with E-state index in [1.165, 1.54) is 5.56 Å². The zero-order chi connectivity index (χ0) is 15.5. The first kappa shape index (κ1) is 17.8. The highest BCUT2D eigenvalue weighted by Crippen LogP contribution is 2.28. The predicted molar refractivity (Wildman–Crippen MR) is 88.3 cm³/mol. The lowest BCUT2D eigenvalue weighted by Crippen LogP contribution is -2.31. The number of hydrogen-bond donors (Lipinski definition) is 1. The van der Waals surface area contributed by atoms with Crippen LogP contribution >= 0.6 is 0 Å². The zero-order valence-corrected chi connectivity index (χ0v) is 13.9. The minimum absolute atomic E-state index is 0.652. The van der Waals surface area contributed by atoms with E-state index < -0.39 is 0 Å². The SMILES string of the molecule is CCOc1ccc(CNCCN(CC)CC)cc1OCC. The molecule has 120 valence electrons. The minimum Gasteiger partial charge on any atom is -0.490 e. The molecule has 4 heteroatoms. The normalized spacial score (nSPS) is 10.9. The molecule has 0 saturated carbocycles. The molecule has 0 aromatic heterocycles. The summed E-state index contributed by atoms with van der Waals surface area (Å²) in [4.78, 5) is 2.41. The Morgan fingerprint density at radius 3 is 2.24 bits per heavy atom. The quantitative estimate of drug-likeness (QED) is 0.636. The molecule has 4 nitrogen and oxygen atoms in total. The van der Waals surface area contributed by atoms with Crippen molar-refractivity contribution in [3.8, 4) is 11.5 Å². The van der Waals surface area contributed by atoms with Gasteiger partial charge in [0.1, 0.15) is 0 Å². The van der Waals surface area contributed by atoms with Gasteiger partial charge in [-0.15, -0.1) is 0 Å². The van der Waals surface area contributed by atoms with Crippen LogP contribution in [0.5, 0.6) is 11.5 Å². The fourth-order valence-electron chi connectivity index (χ4n) is 2.22. The predicted octanol–water partition coefficient (Wildman–Crippen LogP) is 2.92. The molecule has 0 aliphatic rings. The molecule has 0 bridgehead atoms. The molecule has 0 radical (unpaired) electrons. The maximum Gasteiger partial charge on any atom is 0.161 e. The molecule has 1 rings (SSSR count). The van der Waals surface area contributed by atoms with E-state index >= 15 is 0 Å². The van der Waals surface area contributed by atoms with E-state index in [1.807, 2.05) is 19.9 Å². The molecule has 1 aromatic rings. The highest BCUT2D eigenvalue weighted by molar-refractivity contribution is 5.43. The maximum absolute atomic E-state index is 5.65. The lowest BCUT2D eigenvalue weighted by Gasteiger charge is -2.18. The van der Waals surface area contributed by atoms with Crippen molar-refractivity contribution in [1.82, 2.24) is 10.2 Å². The summed E-state index contributed by atoms with van der Waals surface area (Å²) in [7, 11) is 0. The fraction of sp³-hybridized carbons (Fsp3) is 0.647. The van der Waals surface area contributed by atoms with Crippen LogP contribution in [0.25, 0.3) is 0 Å². The minimum atomic E-state index is 0.652. The molecule has 21 heavy (non-hydrogen) atoms. The third-order valence-electron chi connectivity index (χ3n) is 3.44. The molecular weight excluding hydrogens is 264 g/mol. The van der Waals surface area contributed by atoms with Crippen LogP contribution < -0.4 is 14.8 Å². The van der Waals surface area contributed by atoms with Crippen molar-refractivity contribution in [2.24, 2.45) is 0 Å². The summed E-state index contributed by atoms with van der Waals surface area (Å²) in [5, 5.41) is 3.48. The zero-order valence-electron chi connectivity index (χ0n) is 13.9. The third kappa shape index (κ3) is 6.36. The van der Waals surface area contributed by atoms with Gasteiger partial charge in [-0.05, 0) is 44.6 Å². The Morgan fingerprint density at radius 2 is 1.62 bits per heavy atom. The largest absolute Gasteiger partial charge is 0.490 e. The number of hydrogen-bond acceptors (Lipinski definition) is 4. The molecule has 0 saturated heterocycles. The highest BCUT2D eigenvalue weighted by atomic mass is 16.5. The maximum atomic E-state index is 5.65. The number of rotatable bonds is 11. The van der Waals surface area contributed by atoms with Crippen LogP contribution in [0.15, 0.2) is 18.2 Å². The van der Waals surface area contributed by atoms with Crippen LogP contribution in [0, 0.1) is 0 Å². The van der Waals surface area contributed by atoms with Crippen LogP contribution in [-0.2, 0) is 6.54 Å². The standard InChI is InChI=1S/C17H30N2O2/c1-5-19(6-2)12-11-18-14-15-9-10-16(20-7-3)17(13-15)21-8-4/h9-10,13,18H,5-8,11-12,14H2,1-4H3. The van der Waals surface area contributed by atoms with Crippen LogP contribution in [0.4, 0.5) is 0 Å². The smallest absolute Gasteiger partial charge is 0.161 e. The van der Waals surface area contributed by atoms with E-state index in [4.69, 9.17) is 9.47 Å². The second kappa shape index (κ2) is 10.5. The van der Waals surface area contributed by atoms with E-state index in [1.54, 1.807) is 0 Å². The first-order valence-corrected chi connectivity index (χ1v) is 8.06. The van der Waals surface area contributed by atoms with Crippen molar-refractivity contribution < 1.29 is 9.47 Å². The molecule has 0 unspecified atom stereocenters. The Kier molecular flexibility index (Phi) is 8.87. The summed E-state index contributed by atoms with van der Waals surface area (Å²) in [6.45, 7) is 14.8. The van der Waals surface area contributed by atoms with Gasteiger partial charge in [-0.25, -0.2) is 0 Å². The Bertz CT molecular complexity index is 392. The first-order valence-electron chi connectivity index (χ1n) is 8.06. The summed E-state index contributed by atoms with van der Waals surface area (Å²) in [6, 6.07) is 6.16.